The molecule has 2 nitrogen and oxygen atoms in total. The zero-order valence-electron chi connectivity index (χ0n) is 10.8. The molecule has 0 bridgehead atoms. The van der Waals surface area contributed by atoms with Gasteiger partial charge in [-0.15, -0.1) is 0 Å². The minimum absolute atomic E-state index is 0.553. The van der Waals surface area contributed by atoms with E-state index < -0.39 is 0 Å². The van der Waals surface area contributed by atoms with Gasteiger partial charge in [0, 0.05) is 20.8 Å². The van der Waals surface area contributed by atoms with E-state index in [0.29, 0.717) is 6.10 Å². The standard InChI is InChI=1S/C14H26O2/c1-15-8-7-11-3-4-13-10-14(16-2)6-5-12(13)9-11/h11-14H,3-10H2,1-2H3. The minimum atomic E-state index is 0.553. The van der Waals surface area contributed by atoms with Gasteiger partial charge in [0.2, 0.25) is 0 Å². The molecule has 0 aromatic carbocycles. The summed E-state index contributed by atoms with van der Waals surface area (Å²) in [5, 5.41) is 0. The Morgan fingerprint density at radius 1 is 0.938 bits per heavy atom. The van der Waals surface area contributed by atoms with Crippen molar-refractivity contribution in [2.24, 2.45) is 17.8 Å². The van der Waals surface area contributed by atoms with Crippen molar-refractivity contribution in [1.82, 2.24) is 0 Å². The van der Waals surface area contributed by atoms with E-state index in [4.69, 9.17) is 9.47 Å². The summed E-state index contributed by atoms with van der Waals surface area (Å²) in [5.41, 5.74) is 0. The van der Waals surface area contributed by atoms with E-state index >= 15 is 0 Å². The number of methoxy groups -OCH3 is 2. The van der Waals surface area contributed by atoms with Gasteiger partial charge in [-0.05, 0) is 56.3 Å². The highest BCUT2D eigenvalue weighted by Crippen LogP contribution is 2.44. The number of fused-ring (bicyclic) bond motifs is 1. The van der Waals surface area contributed by atoms with Gasteiger partial charge in [0.05, 0.1) is 6.10 Å². The van der Waals surface area contributed by atoms with Crippen LogP contribution < -0.4 is 0 Å². The van der Waals surface area contributed by atoms with Crippen molar-refractivity contribution in [2.75, 3.05) is 20.8 Å². The molecule has 0 saturated heterocycles. The van der Waals surface area contributed by atoms with Crippen molar-refractivity contribution in [3.8, 4) is 0 Å². The molecule has 0 aromatic heterocycles. The lowest BCUT2D eigenvalue weighted by atomic mass is 9.66. The summed E-state index contributed by atoms with van der Waals surface area (Å²) in [6, 6.07) is 0. The van der Waals surface area contributed by atoms with Gasteiger partial charge in [-0.2, -0.15) is 0 Å². The van der Waals surface area contributed by atoms with Crippen LogP contribution in [0.1, 0.15) is 44.9 Å². The third-order valence-corrected chi connectivity index (χ3v) is 4.74. The first-order valence-corrected chi connectivity index (χ1v) is 6.85. The SMILES string of the molecule is COCCC1CCC2CC(OC)CCC2C1. The first-order chi connectivity index (χ1) is 7.83. The second-order valence-corrected chi connectivity index (χ2v) is 5.65. The summed E-state index contributed by atoms with van der Waals surface area (Å²) in [6.45, 7) is 0.947. The van der Waals surface area contributed by atoms with Gasteiger partial charge in [0.25, 0.3) is 0 Å². The Morgan fingerprint density at radius 2 is 1.69 bits per heavy atom. The molecule has 2 saturated carbocycles. The van der Waals surface area contributed by atoms with Gasteiger partial charge >= 0.3 is 0 Å². The molecule has 4 unspecified atom stereocenters. The molecule has 2 heteroatoms. The topological polar surface area (TPSA) is 18.5 Å². The third kappa shape index (κ3) is 2.98. The molecule has 4 atom stereocenters. The zero-order chi connectivity index (χ0) is 11.4. The molecule has 2 aliphatic carbocycles. The normalized spacial score (nSPS) is 39.4. The summed E-state index contributed by atoms with van der Waals surface area (Å²) in [6.07, 6.45) is 10.1. The van der Waals surface area contributed by atoms with Gasteiger partial charge in [-0.3, -0.25) is 0 Å². The summed E-state index contributed by atoms with van der Waals surface area (Å²) in [7, 11) is 3.69. The molecule has 2 aliphatic rings. The second-order valence-electron chi connectivity index (χ2n) is 5.65. The maximum Gasteiger partial charge on any atom is 0.0574 e. The number of hydrogen-bond donors (Lipinski definition) is 0. The summed E-state index contributed by atoms with van der Waals surface area (Å²) < 4.78 is 10.7. The van der Waals surface area contributed by atoms with Crippen LogP contribution >= 0.6 is 0 Å². The van der Waals surface area contributed by atoms with Crippen LogP contribution in [0.5, 0.6) is 0 Å². The average Bonchev–Trinajstić information content (AvgIpc) is 2.35. The van der Waals surface area contributed by atoms with Gasteiger partial charge in [-0.25, -0.2) is 0 Å². The predicted octanol–water partition coefficient (Wildman–Crippen LogP) is 3.25. The van der Waals surface area contributed by atoms with E-state index in [-0.39, 0.29) is 0 Å². The molecular weight excluding hydrogens is 200 g/mol. The predicted molar refractivity (Wildman–Crippen MR) is 65.5 cm³/mol. The van der Waals surface area contributed by atoms with Crippen LogP contribution in [-0.2, 0) is 9.47 Å². The molecule has 0 heterocycles. The van der Waals surface area contributed by atoms with Crippen molar-refractivity contribution in [1.29, 1.82) is 0 Å². The second kappa shape index (κ2) is 6.02. The molecule has 2 rings (SSSR count). The fourth-order valence-corrected chi connectivity index (χ4v) is 3.70. The maximum atomic E-state index is 5.51. The molecular formula is C14H26O2. The van der Waals surface area contributed by atoms with E-state index in [0.717, 1.165) is 24.4 Å². The van der Waals surface area contributed by atoms with Gasteiger partial charge in [0.15, 0.2) is 0 Å². The number of ether oxygens (including phenoxy) is 2. The fourth-order valence-electron chi connectivity index (χ4n) is 3.70. The van der Waals surface area contributed by atoms with E-state index in [2.05, 4.69) is 0 Å². The third-order valence-electron chi connectivity index (χ3n) is 4.74. The van der Waals surface area contributed by atoms with Crippen molar-refractivity contribution in [2.45, 2.75) is 51.0 Å². The Labute approximate surface area is 99.7 Å². The molecule has 0 N–H and O–H groups in total. The quantitative estimate of drug-likeness (QED) is 0.732. The van der Waals surface area contributed by atoms with Crippen LogP contribution in [0.15, 0.2) is 0 Å². The van der Waals surface area contributed by atoms with Crippen molar-refractivity contribution in [3.63, 3.8) is 0 Å². The Hall–Kier alpha value is -0.0800. The lowest BCUT2D eigenvalue weighted by Crippen LogP contribution is -2.34. The lowest BCUT2D eigenvalue weighted by Gasteiger charge is -2.41. The van der Waals surface area contributed by atoms with Crippen LogP contribution in [-0.4, -0.2) is 26.9 Å². The number of hydrogen-bond acceptors (Lipinski definition) is 2. The average molecular weight is 226 g/mol. The Kier molecular flexibility index (Phi) is 4.66. The van der Waals surface area contributed by atoms with Crippen LogP contribution in [0.4, 0.5) is 0 Å². The highest BCUT2D eigenvalue weighted by atomic mass is 16.5. The van der Waals surface area contributed by atoms with Crippen LogP contribution in [0, 0.1) is 17.8 Å². The Balaban J connectivity index is 1.78. The highest BCUT2D eigenvalue weighted by molar-refractivity contribution is 4.86. The van der Waals surface area contributed by atoms with Crippen LogP contribution in [0.3, 0.4) is 0 Å². The highest BCUT2D eigenvalue weighted by Gasteiger charge is 2.35. The molecule has 94 valence electrons. The first-order valence-electron chi connectivity index (χ1n) is 6.85. The zero-order valence-corrected chi connectivity index (χ0v) is 10.8. The van der Waals surface area contributed by atoms with E-state index in [9.17, 15) is 0 Å². The van der Waals surface area contributed by atoms with Crippen LogP contribution in [0.25, 0.3) is 0 Å². The molecule has 0 aliphatic heterocycles. The summed E-state index contributed by atoms with van der Waals surface area (Å²) >= 11 is 0. The van der Waals surface area contributed by atoms with E-state index in [1.165, 1.54) is 44.9 Å². The smallest absolute Gasteiger partial charge is 0.0574 e. The van der Waals surface area contributed by atoms with E-state index in [1.807, 2.05) is 14.2 Å². The fraction of sp³-hybridized carbons (Fsp3) is 1.00. The Bertz CT molecular complexity index is 205. The largest absolute Gasteiger partial charge is 0.385 e. The van der Waals surface area contributed by atoms with Gasteiger partial charge < -0.3 is 9.47 Å². The Morgan fingerprint density at radius 3 is 2.44 bits per heavy atom. The molecule has 0 amide bonds. The summed E-state index contributed by atoms with van der Waals surface area (Å²) in [5.74, 6) is 2.87. The molecule has 0 spiro atoms. The molecule has 16 heavy (non-hydrogen) atoms. The molecule has 2 fully saturated rings. The number of rotatable bonds is 4. The van der Waals surface area contributed by atoms with Crippen LogP contribution in [0.2, 0.25) is 0 Å². The maximum absolute atomic E-state index is 5.51. The monoisotopic (exact) mass is 226 g/mol. The molecule has 0 radical (unpaired) electrons. The minimum Gasteiger partial charge on any atom is -0.385 e. The van der Waals surface area contributed by atoms with Crippen molar-refractivity contribution >= 4 is 0 Å². The first kappa shape index (κ1) is 12.4. The van der Waals surface area contributed by atoms with Gasteiger partial charge in [0.1, 0.15) is 0 Å². The lowest BCUT2D eigenvalue weighted by molar-refractivity contribution is 0.00338. The van der Waals surface area contributed by atoms with E-state index in [1.54, 1.807) is 0 Å². The molecule has 0 aromatic rings. The van der Waals surface area contributed by atoms with Gasteiger partial charge in [-0.1, -0.05) is 6.42 Å². The summed E-state index contributed by atoms with van der Waals surface area (Å²) in [4.78, 5) is 0. The van der Waals surface area contributed by atoms with Crippen molar-refractivity contribution in [3.05, 3.63) is 0 Å². The van der Waals surface area contributed by atoms with Crippen molar-refractivity contribution < 1.29 is 9.47 Å².